The van der Waals surface area contributed by atoms with Crippen molar-refractivity contribution in [3.8, 4) is 6.07 Å². The molecule has 0 atom stereocenters. The molecule has 1 N–H and O–H groups in total. The van der Waals surface area contributed by atoms with Crippen molar-refractivity contribution in [1.29, 1.82) is 5.26 Å². The first kappa shape index (κ1) is 16.9. The lowest BCUT2D eigenvalue weighted by molar-refractivity contribution is 0.520. The van der Waals surface area contributed by atoms with Gasteiger partial charge >= 0.3 is 0 Å². The minimum atomic E-state index is -3.58. The molecule has 0 amide bonds. The lowest BCUT2D eigenvalue weighted by atomic mass is 10.1. The monoisotopic (exact) mass is 333 g/mol. The van der Waals surface area contributed by atoms with Crippen LogP contribution in [0.3, 0.4) is 0 Å². The molecule has 0 heterocycles. The van der Waals surface area contributed by atoms with Crippen LogP contribution in [0.2, 0.25) is 0 Å². The number of sulfonamides is 1. The van der Waals surface area contributed by atoms with E-state index in [2.05, 4.69) is 5.32 Å². The molecule has 0 bridgehead atoms. The van der Waals surface area contributed by atoms with Gasteiger partial charge in [-0.25, -0.2) is 17.1 Å². The van der Waals surface area contributed by atoms with Crippen LogP contribution in [0.25, 0.3) is 0 Å². The minimum Gasteiger partial charge on any atom is -0.380 e. The Balaban J connectivity index is 2.34. The summed E-state index contributed by atoms with van der Waals surface area (Å²) in [7, 11) is -0.665. The maximum atomic E-state index is 13.6. The van der Waals surface area contributed by atoms with Crippen molar-refractivity contribution in [2.45, 2.75) is 11.4 Å². The Bertz CT molecular complexity index is 858. The van der Waals surface area contributed by atoms with Crippen LogP contribution >= 0.6 is 0 Å². The van der Waals surface area contributed by atoms with Crippen LogP contribution in [0, 0.1) is 17.1 Å². The molecular weight excluding hydrogens is 317 g/mol. The smallest absolute Gasteiger partial charge is 0.242 e. The summed E-state index contributed by atoms with van der Waals surface area (Å²) in [6.45, 7) is 0.154. The summed E-state index contributed by atoms with van der Waals surface area (Å²) >= 11 is 0. The first-order valence-electron chi connectivity index (χ1n) is 6.81. The van der Waals surface area contributed by atoms with Gasteiger partial charge in [-0.2, -0.15) is 5.26 Å². The highest BCUT2D eigenvalue weighted by Gasteiger charge is 2.20. The number of rotatable bonds is 5. The minimum absolute atomic E-state index is 0.0968. The van der Waals surface area contributed by atoms with Crippen LogP contribution in [-0.4, -0.2) is 26.8 Å². The number of halogens is 1. The maximum Gasteiger partial charge on any atom is 0.242 e. The highest BCUT2D eigenvalue weighted by Crippen LogP contribution is 2.22. The molecule has 0 saturated carbocycles. The van der Waals surface area contributed by atoms with Crippen LogP contribution in [0.15, 0.2) is 47.4 Å². The Morgan fingerprint density at radius 2 is 1.87 bits per heavy atom. The molecule has 2 aromatic rings. The largest absolute Gasteiger partial charge is 0.380 e. The van der Waals surface area contributed by atoms with E-state index in [1.54, 1.807) is 30.3 Å². The van der Waals surface area contributed by atoms with Gasteiger partial charge in [-0.1, -0.05) is 24.3 Å². The quantitative estimate of drug-likeness (QED) is 0.913. The second-order valence-corrected chi connectivity index (χ2v) is 7.14. The number of benzene rings is 2. The number of hydrogen-bond donors (Lipinski definition) is 1. The lowest BCUT2D eigenvalue weighted by Crippen LogP contribution is -2.23. The fourth-order valence-electron chi connectivity index (χ4n) is 2.07. The van der Waals surface area contributed by atoms with Crippen LogP contribution in [0.5, 0.6) is 0 Å². The second kappa shape index (κ2) is 6.77. The normalized spacial score (nSPS) is 11.3. The lowest BCUT2D eigenvalue weighted by Gasteiger charge is -2.16. The average Bonchev–Trinajstić information content (AvgIpc) is 2.53. The molecule has 2 aromatic carbocycles. The van der Waals surface area contributed by atoms with Crippen LogP contribution < -0.4 is 5.32 Å². The topological polar surface area (TPSA) is 73.2 Å². The van der Waals surface area contributed by atoms with Gasteiger partial charge in [0.15, 0.2) is 0 Å². The van der Waals surface area contributed by atoms with Crippen LogP contribution in [-0.2, 0) is 16.6 Å². The Morgan fingerprint density at radius 1 is 1.17 bits per heavy atom. The van der Waals surface area contributed by atoms with Crippen molar-refractivity contribution in [3.63, 3.8) is 0 Å². The van der Waals surface area contributed by atoms with Gasteiger partial charge in [0.25, 0.3) is 0 Å². The zero-order valence-corrected chi connectivity index (χ0v) is 13.6. The van der Waals surface area contributed by atoms with E-state index in [4.69, 9.17) is 5.26 Å². The molecule has 0 aliphatic rings. The standard InChI is InChI=1S/C16H16FN3O2S/c1-20(2)23(21,22)16-9-4-3-6-12(16)11-19-15-8-5-7-14(17)13(15)10-18/h3-9,19H,11H2,1-2H3. The van der Waals surface area contributed by atoms with E-state index in [0.29, 0.717) is 11.3 Å². The van der Waals surface area contributed by atoms with E-state index in [9.17, 15) is 12.8 Å². The zero-order chi connectivity index (χ0) is 17.0. The highest BCUT2D eigenvalue weighted by molar-refractivity contribution is 7.89. The van der Waals surface area contributed by atoms with Crippen LogP contribution in [0.1, 0.15) is 11.1 Å². The molecule has 0 aliphatic carbocycles. The predicted molar refractivity (Wildman–Crippen MR) is 85.8 cm³/mol. The average molecular weight is 333 g/mol. The third-order valence-electron chi connectivity index (χ3n) is 3.33. The van der Waals surface area contributed by atoms with Gasteiger partial charge in [-0.15, -0.1) is 0 Å². The Hall–Kier alpha value is -2.43. The SMILES string of the molecule is CN(C)S(=O)(=O)c1ccccc1CNc1cccc(F)c1C#N. The van der Waals surface area contributed by atoms with Crippen molar-refractivity contribution in [2.75, 3.05) is 19.4 Å². The van der Waals surface area contributed by atoms with Gasteiger partial charge in [-0.3, -0.25) is 0 Å². The molecule has 120 valence electrons. The molecule has 23 heavy (non-hydrogen) atoms. The van der Waals surface area contributed by atoms with Crippen molar-refractivity contribution >= 4 is 15.7 Å². The summed E-state index contributed by atoms with van der Waals surface area (Å²) in [4.78, 5) is 0.174. The first-order chi connectivity index (χ1) is 10.9. The molecule has 0 unspecified atom stereocenters. The Morgan fingerprint density at radius 3 is 2.52 bits per heavy atom. The number of nitrogens with zero attached hydrogens (tertiary/aromatic N) is 2. The van der Waals surface area contributed by atoms with Crippen molar-refractivity contribution in [1.82, 2.24) is 4.31 Å². The van der Waals surface area contributed by atoms with Crippen molar-refractivity contribution in [3.05, 3.63) is 59.4 Å². The van der Waals surface area contributed by atoms with Gasteiger partial charge in [0, 0.05) is 20.6 Å². The van der Waals surface area contributed by atoms with Gasteiger partial charge in [0.1, 0.15) is 17.4 Å². The molecule has 2 rings (SSSR count). The predicted octanol–water partition coefficient (Wildman–Crippen LogP) is 2.56. The molecule has 0 spiro atoms. The Labute approximate surface area is 135 Å². The van der Waals surface area contributed by atoms with Gasteiger partial charge in [-0.05, 0) is 23.8 Å². The van der Waals surface area contributed by atoms with E-state index >= 15 is 0 Å². The third kappa shape index (κ3) is 3.50. The van der Waals surface area contributed by atoms with Gasteiger partial charge in [0.2, 0.25) is 10.0 Å². The number of nitrogens with one attached hydrogen (secondary N) is 1. The van der Waals surface area contributed by atoms with Crippen molar-refractivity contribution in [2.24, 2.45) is 0 Å². The molecular formula is C16H16FN3O2S. The van der Waals surface area contributed by atoms with E-state index in [-0.39, 0.29) is 17.0 Å². The molecule has 0 aromatic heterocycles. The van der Waals surface area contributed by atoms with Crippen LogP contribution in [0.4, 0.5) is 10.1 Å². The first-order valence-corrected chi connectivity index (χ1v) is 8.25. The Kier molecular flexibility index (Phi) is 4.98. The van der Waals surface area contributed by atoms with Gasteiger partial charge in [0.05, 0.1) is 10.6 Å². The molecule has 0 radical (unpaired) electrons. The van der Waals surface area contributed by atoms with Gasteiger partial charge < -0.3 is 5.32 Å². The van der Waals surface area contributed by atoms with E-state index < -0.39 is 15.8 Å². The maximum absolute atomic E-state index is 13.6. The third-order valence-corrected chi connectivity index (χ3v) is 5.24. The van der Waals surface area contributed by atoms with Crippen molar-refractivity contribution < 1.29 is 12.8 Å². The summed E-state index contributed by atoms with van der Waals surface area (Å²) in [6.07, 6.45) is 0. The summed E-state index contributed by atoms with van der Waals surface area (Å²) in [6, 6.07) is 12.6. The zero-order valence-electron chi connectivity index (χ0n) is 12.7. The fraction of sp³-hybridized carbons (Fsp3) is 0.188. The number of hydrogen-bond acceptors (Lipinski definition) is 4. The molecule has 0 saturated heterocycles. The van der Waals surface area contributed by atoms with E-state index in [0.717, 1.165) is 4.31 Å². The summed E-state index contributed by atoms with van der Waals surface area (Å²) in [5.41, 5.74) is 0.763. The number of anilines is 1. The highest BCUT2D eigenvalue weighted by atomic mass is 32.2. The summed E-state index contributed by atoms with van der Waals surface area (Å²) in [5, 5.41) is 11.9. The number of nitriles is 1. The molecule has 0 aliphatic heterocycles. The summed E-state index contributed by atoms with van der Waals surface area (Å²) in [5.74, 6) is -0.619. The second-order valence-electron chi connectivity index (χ2n) is 5.02. The fourth-order valence-corrected chi connectivity index (χ4v) is 3.19. The van der Waals surface area contributed by atoms with E-state index in [1.165, 1.54) is 32.3 Å². The van der Waals surface area contributed by atoms with E-state index in [1.807, 2.05) is 0 Å². The molecule has 7 heteroatoms. The molecule has 0 fully saturated rings. The molecule has 5 nitrogen and oxygen atoms in total. The summed E-state index contributed by atoms with van der Waals surface area (Å²) < 4.78 is 39.4.